The third-order valence-corrected chi connectivity index (χ3v) is 3.42. The van der Waals surface area contributed by atoms with E-state index < -0.39 is 0 Å². The van der Waals surface area contributed by atoms with Crippen molar-refractivity contribution in [1.29, 1.82) is 0 Å². The van der Waals surface area contributed by atoms with Gasteiger partial charge in [-0.25, -0.2) is 0 Å². The summed E-state index contributed by atoms with van der Waals surface area (Å²) in [5, 5.41) is 3.26. The molecule has 0 amide bonds. The van der Waals surface area contributed by atoms with Crippen LogP contribution in [0.1, 0.15) is 49.7 Å². The molecule has 1 N–H and O–H groups in total. The van der Waals surface area contributed by atoms with Crippen LogP contribution in [0.5, 0.6) is 0 Å². The maximum absolute atomic E-state index is 5.98. The molecule has 1 aromatic rings. The molecule has 1 heterocycles. The summed E-state index contributed by atoms with van der Waals surface area (Å²) in [6.45, 7) is 7.71. The van der Waals surface area contributed by atoms with E-state index >= 15 is 0 Å². The van der Waals surface area contributed by atoms with E-state index in [0.29, 0.717) is 17.8 Å². The molecule has 2 atom stereocenters. The highest BCUT2D eigenvalue weighted by Gasteiger charge is 2.33. The second kappa shape index (κ2) is 4.01. The fraction of sp³-hybridized carbons (Fsp3) is 0.692. The zero-order valence-electron chi connectivity index (χ0n) is 10.1. The van der Waals surface area contributed by atoms with Gasteiger partial charge in [0.15, 0.2) is 0 Å². The Bertz CT molecular complexity index is 340. The standard InChI is InChI=1S/C13H21NO/c1-8(2)12-6-10-5-9(3)11(7-14-4)13(10)15-12/h6,8-9,11,14H,5,7H2,1-4H3. The molecule has 0 aromatic carbocycles. The van der Waals surface area contributed by atoms with Gasteiger partial charge in [-0.3, -0.25) is 0 Å². The minimum atomic E-state index is 0.501. The largest absolute Gasteiger partial charge is 0.465 e. The van der Waals surface area contributed by atoms with Crippen molar-refractivity contribution >= 4 is 0 Å². The van der Waals surface area contributed by atoms with Gasteiger partial charge in [0.2, 0.25) is 0 Å². The van der Waals surface area contributed by atoms with Crippen molar-refractivity contribution in [2.75, 3.05) is 13.6 Å². The van der Waals surface area contributed by atoms with Crippen molar-refractivity contribution in [2.24, 2.45) is 5.92 Å². The summed E-state index contributed by atoms with van der Waals surface area (Å²) in [7, 11) is 2.01. The Kier molecular flexibility index (Phi) is 2.87. The molecule has 0 saturated heterocycles. The number of fused-ring (bicyclic) bond motifs is 1. The van der Waals surface area contributed by atoms with Crippen LogP contribution in [0.4, 0.5) is 0 Å². The lowest BCUT2D eigenvalue weighted by Gasteiger charge is -2.14. The Labute approximate surface area is 92.1 Å². The first kappa shape index (κ1) is 10.7. The van der Waals surface area contributed by atoms with Gasteiger partial charge in [-0.05, 0) is 31.0 Å². The van der Waals surface area contributed by atoms with Crippen LogP contribution in [-0.4, -0.2) is 13.6 Å². The fourth-order valence-electron chi connectivity index (χ4n) is 2.48. The number of rotatable bonds is 3. The molecule has 0 spiro atoms. The summed E-state index contributed by atoms with van der Waals surface area (Å²) < 4.78 is 5.98. The molecule has 0 bridgehead atoms. The van der Waals surface area contributed by atoms with E-state index in [-0.39, 0.29) is 0 Å². The van der Waals surface area contributed by atoms with Crippen molar-refractivity contribution in [3.8, 4) is 0 Å². The van der Waals surface area contributed by atoms with Crippen LogP contribution in [0.25, 0.3) is 0 Å². The van der Waals surface area contributed by atoms with Crippen LogP contribution < -0.4 is 5.32 Å². The average Bonchev–Trinajstić information content (AvgIpc) is 2.67. The minimum Gasteiger partial charge on any atom is -0.465 e. The third-order valence-electron chi connectivity index (χ3n) is 3.42. The summed E-state index contributed by atoms with van der Waals surface area (Å²) in [4.78, 5) is 0. The summed E-state index contributed by atoms with van der Waals surface area (Å²) >= 11 is 0. The number of likely N-dealkylation sites (N-methyl/N-ethyl adjacent to an activating group) is 1. The monoisotopic (exact) mass is 207 g/mol. The van der Waals surface area contributed by atoms with Crippen molar-refractivity contribution in [2.45, 2.75) is 39.0 Å². The van der Waals surface area contributed by atoms with Gasteiger partial charge in [0.1, 0.15) is 11.5 Å². The lowest BCUT2D eigenvalue weighted by atomic mass is 9.97. The van der Waals surface area contributed by atoms with Crippen LogP contribution in [0.2, 0.25) is 0 Å². The fourth-order valence-corrected chi connectivity index (χ4v) is 2.48. The smallest absolute Gasteiger partial charge is 0.112 e. The number of hydrogen-bond acceptors (Lipinski definition) is 2. The lowest BCUT2D eigenvalue weighted by Crippen LogP contribution is -2.19. The Morgan fingerprint density at radius 3 is 2.87 bits per heavy atom. The van der Waals surface area contributed by atoms with Gasteiger partial charge in [-0.1, -0.05) is 20.8 Å². The summed E-state index contributed by atoms with van der Waals surface area (Å²) in [6.07, 6.45) is 1.18. The van der Waals surface area contributed by atoms with E-state index in [1.165, 1.54) is 17.7 Å². The number of furan rings is 1. The molecule has 1 aliphatic carbocycles. The molecule has 2 nitrogen and oxygen atoms in total. The van der Waals surface area contributed by atoms with Gasteiger partial charge in [0.05, 0.1) is 0 Å². The number of hydrogen-bond donors (Lipinski definition) is 1. The van der Waals surface area contributed by atoms with E-state index in [1.54, 1.807) is 0 Å². The topological polar surface area (TPSA) is 25.2 Å². The van der Waals surface area contributed by atoms with Gasteiger partial charge in [0.25, 0.3) is 0 Å². The first-order valence-electron chi connectivity index (χ1n) is 5.90. The predicted octanol–water partition coefficient (Wildman–Crippen LogP) is 2.90. The van der Waals surface area contributed by atoms with Crippen LogP contribution in [0.3, 0.4) is 0 Å². The Balaban J connectivity index is 2.26. The Morgan fingerprint density at radius 1 is 1.53 bits per heavy atom. The normalized spacial score (nSPS) is 24.9. The summed E-state index contributed by atoms with van der Waals surface area (Å²) in [6, 6.07) is 2.26. The summed E-state index contributed by atoms with van der Waals surface area (Å²) in [5.74, 6) is 4.17. The van der Waals surface area contributed by atoms with E-state index in [0.717, 1.165) is 12.3 Å². The molecular weight excluding hydrogens is 186 g/mol. The molecule has 2 rings (SSSR count). The molecule has 1 aliphatic rings. The van der Waals surface area contributed by atoms with Gasteiger partial charge in [0, 0.05) is 18.4 Å². The molecule has 1 aromatic heterocycles. The maximum atomic E-state index is 5.98. The predicted molar refractivity (Wildman–Crippen MR) is 62.3 cm³/mol. The van der Waals surface area contributed by atoms with Crippen LogP contribution in [0.15, 0.2) is 10.5 Å². The Morgan fingerprint density at radius 2 is 2.27 bits per heavy atom. The number of nitrogens with one attached hydrogen (secondary N) is 1. The second-order valence-electron chi connectivity index (χ2n) is 5.04. The van der Waals surface area contributed by atoms with Gasteiger partial charge in [-0.2, -0.15) is 0 Å². The SMILES string of the molecule is CNCC1c2oc(C(C)C)cc2CC1C. The zero-order chi connectivity index (χ0) is 11.0. The molecular formula is C13H21NO. The molecule has 0 radical (unpaired) electrons. The maximum Gasteiger partial charge on any atom is 0.112 e. The average molecular weight is 207 g/mol. The first-order chi connectivity index (χ1) is 7.13. The van der Waals surface area contributed by atoms with E-state index in [9.17, 15) is 0 Å². The highest BCUT2D eigenvalue weighted by Crippen LogP contribution is 2.40. The summed E-state index contributed by atoms with van der Waals surface area (Å²) in [5.41, 5.74) is 1.44. The molecule has 0 aliphatic heterocycles. The van der Waals surface area contributed by atoms with Crippen molar-refractivity contribution in [1.82, 2.24) is 5.32 Å². The van der Waals surface area contributed by atoms with Crippen LogP contribution in [-0.2, 0) is 6.42 Å². The quantitative estimate of drug-likeness (QED) is 0.824. The van der Waals surface area contributed by atoms with E-state index in [2.05, 4.69) is 32.2 Å². The first-order valence-corrected chi connectivity index (χ1v) is 5.90. The van der Waals surface area contributed by atoms with Gasteiger partial charge in [-0.15, -0.1) is 0 Å². The molecule has 0 fully saturated rings. The second-order valence-corrected chi connectivity index (χ2v) is 5.04. The van der Waals surface area contributed by atoms with E-state index in [1.807, 2.05) is 7.05 Å². The third kappa shape index (κ3) is 1.83. The van der Waals surface area contributed by atoms with Crippen molar-refractivity contribution in [3.63, 3.8) is 0 Å². The minimum absolute atomic E-state index is 0.501. The van der Waals surface area contributed by atoms with Crippen molar-refractivity contribution < 1.29 is 4.42 Å². The highest BCUT2D eigenvalue weighted by molar-refractivity contribution is 5.32. The highest BCUT2D eigenvalue weighted by atomic mass is 16.3. The van der Waals surface area contributed by atoms with E-state index in [4.69, 9.17) is 4.42 Å². The van der Waals surface area contributed by atoms with Gasteiger partial charge < -0.3 is 9.73 Å². The molecule has 2 heteroatoms. The van der Waals surface area contributed by atoms with Crippen LogP contribution in [0, 0.1) is 5.92 Å². The van der Waals surface area contributed by atoms with Crippen molar-refractivity contribution in [3.05, 3.63) is 23.2 Å². The molecule has 15 heavy (non-hydrogen) atoms. The van der Waals surface area contributed by atoms with Gasteiger partial charge >= 0.3 is 0 Å². The lowest BCUT2D eigenvalue weighted by molar-refractivity contribution is 0.377. The molecule has 84 valence electrons. The zero-order valence-corrected chi connectivity index (χ0v) is 10.1. The molecule has 2 unspecified atom stereocenters. The Hall–Kier alpha value is -0.760. The molecule has 0 saturated carbocycles. The van der Waals surface area contributed by atoms with Crippen LogP contribution >= 0.6 is 0 Å².